The number of carbonyl (C=O) groups is 2. The van der Waals surface area contributed by atoms with E-state index in [4.69, 9.17) is 4.74 Å². The van der Waals surface area contributed by atoms with E-state index in [9.17, 15) is 18.4 Å². The second-order valence-corrected chi connectivity index (χ2v) is 4.46. The fourth-order valence-electron chi connectivity index (χ4n) is 0.916. The molecule has 0 aromatic rings. The summed E-state index contributed by atoms with van der Waals surface area (Å²) >= 11 is 1.93. The molecule has 0 radical (unpaired) electrons. The lowest BCUT2D eigenvalue weighted by Crippen LogP contribution is -2.18. The Hall–Kier alpha value is -1.24. The van der Waals surface area contributed by atoms with Gasteiger partial charge >= 0.3 is 10.8 Å². The molecule has 0 atom stereocenters. The van der Waals surface area contributed by atoms with Crippen molar-refractivity contribution >= 4 is 27.7 Å². The molecule has 0 aliphatic rings. The Morgan fingerprint density at radius 2 is 1.89 bits per heavy atom. The van der Waals surface area contributed by atoms with E-state index >= 15 is 0 Å². The third-order valence-corrected chi connectivity index (χ3v) is 1.99. The second kappa shape index (κ2) is 7.25. The number of halogens is 3. The number of nitrogens with zero attached hydrogens (tertiary/aromatic N) is 1. The van der Waals surface area contributed by atoms with Crippen LogP contribution in [0.4, 0.5) is 8.78 Å². The Kier molecular flexibility index (Phi) is 6.75. The summed E-state index contributed by atoms with van der Waals surface area (Å²) in [5.41, 5.74) is 0.00644. The van der Waals surface area contributed by atoms with E-state index in [1.165, 1.54) is 11.1 Å². The maximum Gasteiger partial charge on any atom is 0.362 e. The van der Waals surface area contributed by atoms with Crippen molar-refractivity contribution in [2.75, 3.05) is 20.7 Å². The minimum Gasteiger partial charge on any atom is -0.462 e. The summed E-state index contributed by atoms with van der Waals surface area (Å²) in [6, 6.07) is 0. The van der Waals surface area contributed by atoms with Crippen molar-refractivity contribution in [1.29, 1.82) is 0 Å². The van der Waals surface area contributed by atoms with Gasteiger partial charge in [0.25, 0.3) is 0 Å². The molecule has 0 aliphatic heterocycles. The third kappa shape index (κ3) is 6.48. The van der Waals surface area contributed by atoms with Gasteiger partial charge in [-0.1, -0.05) is 0 Å². The molecule has 102 valence electrons. The first-order chi connectivity index (χ1) is 8.18. The molecule has 18 heavy (non-hydrogen) atoms. The van der Waals surface area contributed by atoms with Crippen LogP contribution in [-0.4, -0.2) is 42.2 Å². The Balaban J connectivity index is 4.98. The molecule has 0 fully saturated rings. The highest BCUT2D eigenvalue weighted by molar-refractivity contribution is 9.10. The van der Waals surface area contributed by atoms with Gasteiger partial charge in [0.2, 0.25) is 5.78 Å². The molecule has 0 rings (SSSR count). The van der Waals surface area contributed by atoms with E-state index in [-0.39, 0.29) is 12.2 Å². The van der Waals surface area contributed by atoms with E-state index in [1.807, 2.05) is 15.9 Å². The summed E-state index contributed by atoms with van der Waals surface area (Å²) < 4.78 is 29.8. The van der Waals surface area contributed by atoms with E-state index in [0.717, 1.165) is 6.08 Å². The maximum atomic E-state index is 12.5. The number of ketones is 1. The monoisotopic (exact) mass is 325 g/mol. The van der Waals surface area contributed by atoms with Crippen LogP contribution >= 0.6 is 15.9 Å². The predicted octanol–water partition coefficient (Wildman–Crippen LogP) is 2.11. The summed E-state index contributed by atoms with van der Waals surface area (Å²) in [6.07, 6.45) is 2.99. The number of allylic oxidation sites excluding steroid dienone is 1. The highest BCUT2D eigenvalue weighted by Crippen LogP contribution is 2.23. The van der Waals surface area contributed by atoms with Crippen LogP contribution in [0.1, 0.15) is 6.92 Å². The van der Waals surface area contributed by atoms with Gasteiger partial charge in [0.1, 0.15) is 0 Å². The number of carbonyl (C=O) groups excluding carboxylic acids is 2. The Labute approximate surface area is 112 Å². The Morgan fingerprint density at radius 1 is 1.33 bits per heavy atom. The minimum atomic E-state index is -3.64. The van der Waals surface area contributed by atoms with Gasteiger partial charge in [-0.25, -0.2) is 4.79 Å². The average Bonchev–Trinajstić information content (AvgIpc) is 2.22. The summed E-state index contributed by atoms with van der Waals surface area (Å²) in [5, 5.41) is 0. The number of hydrogen-bond acceptors (Lipinski definition) is 4. The molecule has 0 aromatic carbocycles. The first-order valence-electron chi connectivity index (χ1n) is 5.03. The van der Waals surface area contributed by atoms with Crippen LogP contribution in [0.3, 0.4) is 0 Å². The van der Waals surface area contributed by atoms with Gasteiger partial charge in [0, 0.05) is 20.3 Å². The van der Waals surface area contributed by atoms with Crippen LogP contribution in [0.2, 0.25) is 0 Å². The normalized spacial score (nSPS) is 12.7. The molecule has 0 N–H and O–H groups in total. The van der Waals surface area contributed by atoms with Gasteiger partial charge in [-0.3, -0.25) is 4.79 Å². The summed E-state index contributed by atoms with van der Waals surface area (Å²) in [7, 11) is 3.29. The fraction of sp³-hybridized carbons (Fsp3) is 0.455. The van der Waals surface area contributed by atoms with Crippen LogP contribution in [0.15, 0.2) is 23.9 Å². The molecule has 0 spiro atoms. The van der Waals surface area contributed by atoms with Gasteiger partial charge in [0.15, 0.2) is 0 Å². The number of ether oxygens (including phenoxy) is 1. The predicted molar refractivity (Wildman–Crippen MR) is 66.4 cm³/mol. The lowest BCUT2D eigenvalue weighted by atomic mass is 10.2. The van der Waals surface area contributed by atoms with Crippen molar-refractivity contribution in [3.8, 4) is 0 Å². The molecule has 0 saturated carbocycles. The molecule has 7 heteroatoms. The van der Waals surface area contributed by atoms with Crippen molar-refractivity contribution in [2.45, 2.75) is 11.8 Å². The van der Waals surface area contributed by atoms with Crippen LogP contribution in [0, 0.1) is 0 Å². The summed E-state index contributed by atoms with van der Waals surface area (Å²) in [5.74, 6) is -2.13. The van der Waals surface area contributed by atoms with Crippen molar-refractivity contribution < 1.29 is 23.1 Å². The van der Waals surface area contributed by atoms with Gasteiger partial charge in [0.05, 0.1) is 12.2 Å². The highest BCUT2D eigenvalue weighted by atomic mass is 79.9. The van der Waals surface area contributed by atoms with Crippen molar-refractivity contribution in [3.63, 3.8) is 0 Å². The molecule has 0 amide bonds. The summed E-state index contributed by atoms with van der Waals surface area (Å²) in [4.78, 5) is 20.3. The third-order valence-electron chi connectivity index (χ3n) is 1.60. The number of rotatable bonds is 6. The molecule has 0 aromatic heterocycles. The Bertz CT molecular complexity index is 373. The smallest absolute Gasteiger partial charge is 0.362 e. The topological polar surface area (TPSA) is 46.6 Å². The molecule has 0 heterocycles. The van der Waals surface area contributed by atoms with Crippen LogP contribution in [0.5, 0.6) is 0 Å². The lowest BCUT2D eigenvalue weighted by Gasteiger charge is -2.08. The zero-order valence-corrected chi connectivity index (χ0v) is 11.8. The average molecular weight is 326 g/mol. The van der Waals surface area contributed by atoms with Crippen molar-refractivity contribution in [3.05, 3.63) is 23.9 Å². The zero-order valence-electron chi connectivity index (χ0n) is 10.2. The highest BCUT2D eigenvalue weighted by Gasteiger charge is 2.32. The van der Waals surface area contributed by atoms with Gasteiger partial charge < -0.3 is 9.64 Å². The van der Waals surface area contributed by atoms with E-state index < -0.39 is 16.6 Å². The van der Waals surface area contributed by atoms with Crippen molar-refractivity contribution in [2.24, 2.45) is 0 Å². The number of alkyl halides is 3. The molecule has 0 aliphatic carbocycles. The molecule has 0 bridgehead atoms. The largest absolute Gasteiger partial charge is 0.462 e. The molecule has 4 nitrogen and oxygen atoms in total. The van der Waals surface area contributed by atoms with Crippen LogP contribution in [0.25, 0.3) is 0 Å². The summed E-state index contributed by atoms with van der Waals surface area (Å²) in [6.45, 7) is 1.77. The van der Waals surface area contributed by atoms with Crippen LogP contribution < -0.4 is 0 Å². The number of hydrogen-bond donors (Lipinski definition) is 0. The van der Waals surface area contributed by atoms with Crippen LogP contribution in [-0.2, 0) is 14.3 Å². The molecular weight excluding hydrogens is 312 g/mol. The fourth-order valence-corrected chi connectivity index (χ4v) is 1.05. The van der Waals surface area contributed by atoms with E-state index in [1.54, 1.807) is 21.0 Å². The van der Waals surface area contributed by atoms with Gasteiger partial charge in [-0.15, -0.1) is 0 Å². The first-order valence-corrected chi connectivity index (χ1v) is 5.82. The van der Waals surface area contributed by atoms with Gasteiger partial charge in [-0.2, -0.15) is 8.78 Å². The maximum absolute atomic E-state index is 12.5. The second-order valence-electron chi connectivity index (χ2n) is 3.46. The SMILES string of the molecule is CCOC(=O)C(/C=C/C(=O)C(F)(F)Br)=C/N(C)C. The Morgan fingerprint density at radius 3 is 2.28 bits per heavy atom. The number of esters is 1. The quantitative estimate of drug-likeness (QED) is 0.325. The first kappa shape index (κ1) is 16.8. The molecule has 0 saturated heterocycles. The lowest BCUT2D eigenvalue weighted by molar-refractivity contribution is -0.138. The standard InChI is InChI=1S/C11H14BrF2NO3/c1-4-18-10(17)8(7-15(2)3)5-6-9(16)11(12,13)14/h5-7H,4H2,1-3H3/b6-5+,8-7+. The molecular formula is C11H14BrF2NO3. The van der Waals surface area contributed by atoms with E-state index in [0.29, 0.717) is 6.08 Å². The van der Waals surface area contributed by atoms with E-state index in [2.05, 4.69) is 0 Å². The minimum absolute atomic E-state index is 0.00644. The van der Waals surface area contributed by atoms with Crippen molar-refractivity contribution in [1.82, 2.24) is 4.90 Å². The zero-order chi connectivity index (χ0) is 14.3. The molecule has 0 unspecified atom stereocenters. The van der Waals surface area contributed by atoms with Gasteiger partial charge in [-0.05, 0) is 35.0 Å².